The Morgan fingerprint density at radius 1 is 1.11 bits per heavy atom. The molecule has 0 saturated heterocycles. The van der Waals surface area contributed by atoms with Gasteiger partial charge in [0.1, 0.15) is 12.4 Å². The fourth-order valence-corrected chi connectivity index (χ4v) is 1.97. The van der Waals surface area contributed by atoms with Crippen LogP contribution in [0, 0.1) is 0 Å². The predicted molar refractivity (Wildman–Crippen MR) is 76.0 cm³/mol. The molecule has 0 bridgehead atoms. The lowest BCUT2D eigenvalue weighted by Gasteiger charge is -2.11. The second-order valence-corrected chi connectivity index (χ2v) is 4.51. The van der Waals surface area contributed by atoms with Gasteiger partial charge in [0.25, 0.3) is 0 Å². The van der Waals surface area contributed by atoms with Gasteiger partial charge in [0.05, 0.1) is 0 Å². The minimum Gasteiger partial charge on any atom is -0.489 e. The Kier molecular flexibility index (Phi) is 4.11. The zero-order chi connectivity index (χ0) is 13.0. The summed E-state index contributed by atoms with van der Waals surface area (Å²) in [5, 5.41) is 0.679. The molecule has 0 aromatic heterocycles. The van der Waals surface area contributed by atoms with Crippen molar-refractivity contribution in [3.05, 3.63) is 58.6 Å². The minimum atomic E-state index is 0.431. The van der Waals surface area contributed by atoms with Gasteiger partial charge in [0.15, 0.2) is 0 Å². The number of hydrogen-bond acceptors (Lipinski definition) is 2. The Morgan fingerprint density at radius 2 is 1.89 bits per heavy atom. The van der Waals surface area contributed by atoms with Crippen LogP contribution in [0.3, 0.4) is 0 Å². The molecule has 0 spiro atoms. The molecule has 0 fully saturated rings. The van der Waals surface area contributed by atoms with Crippen molar-refractivity contribution in [3.63, 3.8) is 0 Å². The average molecular weight is 262 g/mol. The monoisotopic (exact) mass is 261 g/mol. The van der Waals surface area contributed by atoms with Crippen molar-refractivity contribution in [3.8, 4) is 5.75 Å². The maximum Gasteiger partial charge on any atom is 0.122 e. The van der Waals surface area contributed by atoms with E-state index in [4.69, 9.17) is 22.1 Å². The van der Waals surface area contributed by atoms with Gasteiger partial charge in [0, 0.05) is 16.3 Å². The number of rotatable bonds is 4. The molecule has 0 aliphatic rings. The van der Waals surface area contributed by atoms with Crippen molar-refractivity contribution in [1.29, 1.82) is 0 Å². The van der Waals surface area contributed by atoms with Crippen molar-refractivity contribution < 1.29 is 4.74 Å². The van der Waals surface area contributed by atoms with Crippen LogP contribution in [-0.2, 0) is 13.0 Å². The third-order valence-electron chi connectivity index (χ3n) is 2.81. The molecule has 18 heavy (non-hydrogen) atoms. The first kappa shape index (κ1) is 12.8. The Balaban J connectivity index is 2.14. The van der Waals surface area contributed by atoms with Gasteiger partial charge in [-0.2, -0.15) is 0 Å². The summed E-state index contributed by atoms with van der Waals surface area (Å²) in [4.78, 5) is 0. The summed E-state index contributed by atoms with van der Waals surface area (Å²) in [7, 11) is 0. The van der Waals surface area contributed by atoms with Gasteiger partial charge in [-0.05, 0) is 36.2 Å². The van der Waals surface area contributed by atoms with Crippen LogP contribution in [0.5, 0.6) is 5.75 Å². The maximum absolute atomic E-state index is 6.10. The van der Waals surface area contributed by atoms with E-state index in [2.05, 4.69) is 13.0 Å². The van der Waals surface area contributed by atoms with Gasteiger partial charge < -0.3 is 10.5 Å². The van der Waals surface area contributed by atoms with Crippen LogP contribution in [0.2, 0.25) is 5.02 Å². The van der Waals surface area contributed by atoms with Crippen LogP contribution in [0.15, 0.2) is 42.5 Å². The van der Waals surface area contributed by atoms with E-state index in [9.17, 15) is 0 Å². The highest BCUT2D eigenvalue weighted by molar-refractivity contribution is 6.31. The van der Waals surface area contributed by atoms with Crippen molar-refractivity contribution >= 4 is 17.3 Å². The van der Waals surface area contributed by atoms with E-state index in [-0.39, 0.29) is 0 Å². The predicted octanol–water partition coefficient (Wildman–Crippen LogP) is 4.06. The van der Waals surface area contributed by atoms with E-state index < -0.39 is 0 Å². The normalized spacial score (nSPS) is 10.3. The summed E-state index contributed by atoms with van der Waals surface area (Å²) >= 11 is 6.10. The van der Waals surface area contributed by atoms with Crippen LogP contribution in [0.4, 0.5) is 5.69 Å². The summed E-state index contributed by atoms with van der Waals surface area (Å²) in [6.07, 6.45) is 0.945. The molecule has 2 aromatic carbocycles. The van der Waals surface area contributed by atoms with Gasteiger partial charge in [0.2, 0.25) is 0 Å². The van der Waals surface area contributed by atoms with E-state index in [0.29, 0.717) is 17.3 Å². The molecule has 2 N–H and O–H groups in total. The number of nitrogens with two attached hydrogens (primary N) is 1. The smallest absolute Gasteiger partial charge is 0.122 e. The van der Waals surface area contributed by atoms with E-state index in [1.165, 1.54) is 5.56 Å². The molecule has 2 aromatic rings. The molecule has 2 nitrogen and oxygen atoms in total. The number of ether oxygens (including phenoxy) is 1. The fourth-order valence-electron chi connectivity index (χ4n) is 1.80. The lowest BCUT2D eigenvalue weighted by atomic mass is 10.1. The standard InChI is InChI=1S/C15H16ClNO/c1-2-11-5-3-4-6-15(11)18-10-12-9-13(17)7-8-14(12)16/h3-9H,2,10,17H2,1H3. The zero-order valence-corrected chi connectivity index (χ0v) is 11.1. The molecule has 0 amide bonds. The maximum atomic E-state index is 6.10. The van der Waals surface area contributed by atoms with Crippen molar-refractivity contribution in [2.75, 3.05) is 5.73 Å². The Hall–Kier alpha value is -1.67. The molecule has 0 heterocycles. The fraction of sp³-hybridized carbons (Fsp3) is 0.200. The Labute approximate surface area is 112 Å². The second kappa shape index (κ2) is 5.78. The molecule has 0 atom stereocenters. The quantitative estimate of drug-likeness (QED) is 0.843. The zero-order valence-electron chi connectivity index (χ0n) is 10.3. The lowest BCUT2D eigenvalue weighted by Crippen LogP contribution is -1.99. The van der Waals surface area contributed by atoms with Crippen molar-refractivity contribution in [2.24, 2.45) is 0 Å². The Bertz CT molecular complexity index is 540. The molecule has 0 aliphatic carbocycles. The molecule has 0 aliphatic heterocycles. The highest BCUT2D eigenvalue weighted by Gasteiger charge is 2.04. The molecule has 3 heteroatoms. The first-order valence-electron chi connectivity index (χ1n) is 5.95. The van der Waals surface area contributed by atoms with Gasteiger partial charge in [-0.15, -0.1) is 0 Å². The third kappa shape index (κ3) is 2.96. The second-order valence-electron chi connectivity index (χ2n) is 4.10. The highest BCUT2D eigenvalue weighted by atomic mass is 35.5. The number of para-hydroxylation sites is 1. The van der Waals surface area contributed by atoms with E-state index in [0.717, 1.165) is 17.7 Å². The highest BCUT2D eigenvalue weighted by Crippen LogP contribution is 2.23. The SMILES string of the molecule is CCc1ccccc1OCc1cc(N)ccc1Cl. The third-order valence-corrected chi connectivity index (χ3v) is 3.18. The Morgan fingerprint density at radius 3 is 2.67 bits per heavy atom. The average Bonchev–Trinajstić information content (AvgIpc) is 2.40. The van der Waals surface area contributed by atoms with Gasteiger partial charge >= 0.3 is 0 Å². The number of aryl methyl sites for hydroxylation is 1. The first-order chi connectivity index (χ1) is 8.70. The van der Waals surface area contributed by atoms with E-state index in [1.54, 1.807) is 12.1 Å². The van der Waals surface area contributed by atoms with E-state index >= 15 is 0 Å². The van der Waals surface area contributed by atoms with Crippen LogP contribution in [0.25, 0.3) is 0 Å². The van der Waals surface area contributed by atoms with Gasteiger partial charge in [-0.1, -0.05) is 36.7 Å². The lowest BCUT2D eigenvalue weighted by molar-refractivity contribution is 0.303. The van der Waals surface area contributed by atoms with Crippen LogP contribution < -0.4 is 10.5 Å². The molecule has 0 saturated carbocycles. The molecule has 2 rings (SSSR count). The summed E-state index contributed by atoms with van der Waals surface area (Å²) in [6.45, 7) is 2.54. The largest absolute Gasteiger partial charge is 0.489 e. The summed E-state index contributed by atoms with van der Waals surface area (Å²) in [5.74, 6) is 0.901. The van der Waals surface area contributed by atoms with Crippen LogP contribution >= 0.6 is 11.6 Å². The van der Waals surface area contributed by atoms with Gasteiger partial charge in [-0.25, -0.2) is 0 Å². The summed E-state index contributed by atoms with van der Waals surface area (Å²) in [6, 6.07) is 13.4. The molecular weight excluding hydrogens is 246 g/mol. The number of nitrogen functional groups attached to an aromatic ring is 1. The topological polar surface area (TPSA) is 35.2 Å². The summed E-state index contributed by atoms with van der Waals surface area (Å²) < 4.78 is 5.81. The van der Waals surface area contributed by atoms with Crippen molar-refractivity contribution in [1.82, 2.24) is 0 Å². The van der Waals surface area contributed by atoms with Crippen molar-refractivity contribution in [2.45, 2.75) is 20.0 Å². The van der Waals surface area contributed by atoms with Gasteiger partial charge in [-0.3, -0.25) is 0 Å². The van der Waals surface area contributed by atoms with Crippen LogP contribution in [-0.4, -0.2) is 0 Å². The molecule has 94 valence electrons. The van der Waals surface area contributed by atoms with Crippen LogP contribution in [0.1, 0.15) is 18.1 Å². The first-order valence-corrected chi connectivity index (χ1v) is 6.33. The summed E-state index contributed by atoms with van der Waals surface area (Å²) in [5.41, 5.74) is 8.53. The minimum absolute atomic E-state index is 0.431. The molecule has 0 radical (unpaired) electrons. The number of anilines is 1. The number of benzene rings is 2. The number of halogens is 1. The molecular formula is C15H16ClNO. The number of hydrogen-bond donors (Lipinski definition) is 1. The van der Waals surface area contributed by atoms with E-state index in [1.807, 2.05) is 24.3 Å². The molecule has 0 unspecified atom stereocenters.